The van der Waals surface area contributed by atoms with Gasteiger partial charge in [0.15, 0.2) is 11.5 Å². The van der Waals surface area contributed by atoms with E-state index in [1.165, 1.54) is 5.56 Å². The molecule has 29 heavy (non-hydrogen) atoms. The lowest BCUT2D eigenvalue weighted by Crippen LogP contribution is -2.49. The molecule has 1 saturated heterocycles. The molecule has 7 nitrogen and oxygen atoms in total. The van der Waals surface area contributed by atoms with Gasteiger partial charge in [-0.1, -0.05) is 35.5 Å². The van der Waals surface area contributed by atoms with Crippen LogP contribution in [0.5, 0.6) is 5.75 Å². The maximum absolute atomic E-state index is 12.9. The van der Waals surface area contributed by atoms with E-state index in [2.05, 4.69) is 34.2 Å². The molecule has 1 amide bonds. The highest BCUT2D eigenvalue weighted by atomic mass is 16.5. The van der Waals surface area contributed by atoms with Gasteiger partial charge in [-0.25, -0.2) is 0 Å². The van der Waals surface area contributed by atoms with Crippen molar-refractivity contribution in [3.63, 3.8) is 0 Å². The smallest absolute Gasteiger partial charge is 0.276 e. The van der Waals surface area contributed by atoms with Crippen LogP contribution >= 0.6 is 0 Å². The third-order valence-corrected chi connectivity index (χ3v) is 5.16. The Labute approximate surface area is 169 Å². The maximum atomic E-state index is 12.9. The van der Waals surface area contributed by atoms with Crippen LogP contribution in [0.15, 0.2) is 59.3 Å². The van der Waals surface area contributed by atoms with Crippen LogP contribution in [0.3, 0.4) is 0 Å². The van der Waals surface area contributed by atoms with E-state index < -0.39 is 0 Å². The Morgan fingerprint density at radius 1 is 1.21 bits per heavy atom. The monoisotopic (exact) mass is 392 g/mol. The zero-order chi connectivity index (χ0) is 20.2. The van der Waals surface area contributed by atoms with E-state index in [0.717, 1.165) is 12.2 Å². The van der Waals surface area contributed by atoms with Crippen LogP contribution in [-0.2, 0) is 6.61 Å². The number of amides is 1. The molecule has 0 saturated carbocycles. The van der Waals surface area contributed by atoms with Crippen molar-refractivity contribution in [2.75, 3.05) is 26.7 Å². The van der Waals surface area contributed by atoms with Crippen molar-refractivity contribution >= 4 is 5.91 Å². The summed E-state index contributed by atoms with van der Waals surface area (Å²) >= 11 is 0. The summed E-state index contributed by atoms with van der Waals surface area (Å²) < 4.78 is 10.9. The minimum atomic E-state index is -0.119. The van der Waals surface area contributed by atoms with E-state index in [1.54, 1.807) is 12.3 Å². The number of carbonyl (C=O) groups excluding carboxylic acids is 1. The van der Waals surface area contributed by atoms with Crippen LogP contribution in [0, 0.1) is 6.92 Å². The summed E-state index contributed by atoms with van der Waals surface area (Å²) in [5, 5.41) is 3.96. The van der Waals surface area contributed by atoms with E-state index in [1.807, 2.05) is 42.2 Å². The SMILES string of the molecule is Cc1ccc(OCc2cc(C(=O)N3CCN(C)[C@@H](c4ccccc4)C3)no2)cn1. The van der Waals surface area contributed by atoms with Crippen LogP contribution in [0.25, 0.3) is 0 Å². The Morgan fingerprint density at radius 2 is 2.03 bits per heavy atom. The number of aryl methyl sites for hydroxylation is 1. The van der Waals surface area contributed by atoms with E-state index in [-0.39, 0.29) is 18.6 Å². The standard InChI is InChI=1S/C22H24N4O3/c1-16-8-9-18(13-23-16)28-15-19-12-20(24-29-19)22(27)26-11-10-25(2)21(14-26)17-6-4-3-5-7-17/h3-9,12-13,21H,10-11,14-15H2,1-2H3/t21-/m1/s1. The average Bonchev–Trinajstić information content (AvgIpc) is 3.23. The Morgan fingerprint density at radius 3 is 2.79 bits per heavy atom. The summed E-state index contributed by atoms with van der Waals surface area (Å²) in [6, 6.07) is 15.8. The normalized spacial score (nSPS) is 17.3. The predicted octanol–water partition coefficient (Wildman–Crippen LogP) is 3.09. The Bertz CT molecular complexity index is 956. The van der Waals surface area contributed by atoms with E-state index in [4.69, 9.17) is 9.26 Å². The van der Waals surface area contributed by atoms with Crippen LogP contribution in [0.4, 0.5) is 0 Å². The van der Waals surface area contributed by atoms with Crippen molar-refractivity contribution < 1.29 is 14.1 Å². The molecule has 0 bridgehead atoms. The molecule has 0 radical (unpaired) electrons. The summed E-state index contributed by atoms with van der Waals surface area (Å²) in [5.41, 5.74) is 2.43. The Hall–Kier alpha value is -3.19. The molecular formula is C22H24N4O3. The van der Waals surface area contributed by atoms with E-state index >= 15 is 0 Å². The molecule has 2 aromatic heterocycles. The molecule has 1 aliphatic heterocycles. The number of likely N-dealkylation sites (N-methyl/N-ethyl adjacent to an activating group) is 1. The van der Waals surface area contributed by atoms with Crippen molar-refractivity contribution in [3.05, 3.63) is 77.4 Å². The molecule has 0 spiro atoms. The molecule has 3 heterocycles. The van der Waals surface area contributed by atoms with Gasteiger partial charge in [-0.3, -0.25) is 14.7 Å². The van der Waals surface area contributed by atoms with Crippen molar-refractivity contribution in [1.82, 2.24) is 19.9 Å². The van der Waals surface area contributed by atoms with Gasteiger partial charge in [-0.05, 0) is 31.7 Å². The van der Waals surface area contributed by atoms with Gasteiger partial charge in [-0.15, -0.1) is 0 Å². The zero-order valence-corrected chi connectivity index (χ0v) is 16.6. The molecule has 0 N–H and O–H groups in total. The summed E-state index contributed by atoms with van der Waals surface area (Å²) in [6.45, 7) is 4.19. The molecule has 4 rings (SSSR count). The first-order chi connectivity index (χ1) is 14.1. The second kappa shape index (κ2) is 8.45. The predicted molar refractivity (Wildman–Crippen MR) is 108 cm³/mol. The lowest BCUT2D eigenvalue weighted by atomic mass is 10.0. The molecule has 1 aromatic carbocycles. The minimum Gasteiger partial charge on any atom is -0.484 e. The molecule has 150 valence electrons. The first kappa shape index (κ1) is 19.1. The number of hydrogen-bond acceptors (Lipinski definition) is 6. The third kappa shape index (κ3) is 4.46. The summed E-state index contributed by atoms with van der Waals surface area (Å²) in [7, 11) is 2.09. The average molecular weight is 392 g/mol. The van der Waals surface area contributed by atoms with Gasteiger partial charge in [0.2, 0.25) is 0 Å². The largest absolute Gasteiger partial charge is 0.484 e. The highest BCUT2D eigenvalue weighted by Gasteiger charge is 2.30. The summed E-state index contributed by atoms with van der Waals surface area (Å²) in [6.07, 6.45) is 1.66. The summed E-state index contributed by atoms with van der Waals surface area (Å²) in [4.78, 5) is 21.2. The first-order valence-electron chi connectivity index (χ1n) is 9.65. The topological polar surface area (TPSA) is 71.7 Å². The number of benzene rings is 1. The quantitative estimate of drug-likeness (QED) is 0.665. The first-order valence-corrected chi connectivity index (χ1v) is 9.65. The molecule has 3 aromatic rings. The molecule has 1 fully saturated rings. The highest BCUT2D eigenvalue weighted by molar-refractivity contribution is 5.92. The molecule has 1 aliphatic rings. The maximum Gasteiger partial charge on any atom is 0.276 e. The lowest BCUT2D eigenvalue weighted by Gasteiger charge is -2.39. The van der Waals surface area contributed by atoms with E-state index in [9.17, 15) is 4.79 Å². The molecular weight excluding hydrogens is 368 g/mol. The third-order valence-electron chi connectivity index (χ3n) is 5.16. The van der Waals surface area contributed by atoms with Gasteiger partial charge in [0, 0.05) is 31.4 Å². The van der Waals surface area contributed by atoms with Crippen molar-refractivity contribution in [2.24, 2.45) is 0 Å². The van der Waals surface area contributed by atoms with Crippen molar-refractivity contribution in [2.45, 2.75) is 19.6 Å². The number of piperazine rings is 1. The van der Waals surface area contributed by atoms with E-state index in [0.29, 0.717) is 30.3 Å². The minimum absolute atomic E-state index is 0.119. The fraction of sp³-hybridized carbons (Fsp3) is 0.318. The number of aromatic nitrogens is 2. The number of rotatable bonds is 5. The van der Waals surface area contributed by atoms with Crippen molar-refractivity contribution in [3.8, 4) is 5.75 Å². The number of ether oxygens (including phenoxy) is 1. The molecule has 0 aliphatic carbocycles. The number of hydrogen-bond donors (Lipinski definition) is 0. The number of pyridine rings is 1. The van der Waals surface area contributed by atoms with Crippen LogP contribution in [0.2, 0.25) is 0 Å². The van der Waals surface area contributed by atoms with Gasteiger partial charge < -0.3 is 14.2 Å². The fourth-order valence-corrected chi connectivity index (χ4v) is 3.43. The Kier molecular flexibility index (Phi) is 5.57. The van der Waals surface area contributed by atoms with Gasteiger partial charge in [0.05, 0.1) is 12.2 Å². The molecule has 7 heteroatoms. The van der Waals surface area contributed by atoms with Crippen LogP contribution in [-0.4, -0.2) is 52.5 Å². The van der Waals surface area contributed by atoms with Crippen molar-refractivity contribution in [1.29, 1.82) is 0 Å². The van der Waals surface area contributed by atoms with Gasteiger partial charge in [0.1, 0.15) is 12.4 Å². The summed E-state index contributed by atoms with van der Waals surface area (Å²) in [5.74, 6) is 1.03. The zero-order valence-electron chi connectivity index (χ0n) is 16.6. The lowest BCUT2D eigenvalue weighted by molar-refractivity contribution is 0.0536. The van der Waals surface area contributed by atoms with Crippen LogP contribution < -0.4 is 4.74 Å². The fourth-order valence-electron chi connectivity index (χ4n) is 3.43. The van der Waals surface area contributed by atoms with Gasteiger partial charge >= 0.3 is 0 Å². The second-order valence-electron chi connectivity index (χ2n) is 7.26. The second-order valence-corrected chi connectivity index (χ2v) is 7.26. The molecule has 1 atom stereocenters. The Balaban J connectivity index is 1.40. The van der Waals surface area contributed by atoms with Crippen LogP contribution in [0.1, 0.15) is 33.5 Å². The van der Waals surface area contributed by atoms with Gasteiger partial charge in [-0.2, -0.15) is 0 Å². The highest BCUT2D eigenvalue weighted by Crippen LogP contribution is 2.25. The number of carbonyl (C=O) groups is 1. The molecule has 0 unspecified atom stereocenters. The number of nitrogens with zero attached hydrogens (tertiary/aromatic N) is 4. The van der Waals surface area contributed by atoms with Gasteiger partial charge in [0.25, 0.3) is 5.91 Å².